The van der Waals surface area contributed by atoms with Crippen LogP contribution in [0.15, 0.2) is 36.4 Å². The highest BCUT2D eigenvalue weighted by atomic mass is 19.1. The zero-order chi connectivity index (χ0) is 14.7. The van der Waals surface area contributed by atoms with Gasteiger partial charge in [0, 0.05) is 29.4 Å². The summed E-state index contributed by atoms with van der Waals surface area (Å²) in [5, 5.41) is 13.5. The van der Waals surface area contributed by atoms with Gasteiger partial charge in [-0.15, -0.1) is 0 Å². The molecular weight excluding hydrogens is 266 g/mol. The number of anilines is 1. The summed E-state index contributed by atoms with van der Waals surface area (Å²) >= 11 is 0. The summed E-state index contributed by atoms with van der Waals surface area (Å²) in [6.07, 6.45) is 0. The smallest absolute Gasteiger partial charge is 0.305 e. The van der Waals surface area contributed by atoms with Crippen molar-refractivity contribution in [2.45, 2.75) is 13.5 Å². The SMILES string of the molecule is Cc1c(F)cccc1NCc1cccc([N+](=O)[O-])c1F. The molecule has 0 heterocycles. The normalized spacial score (nSPS) is 10.3. The van der Waals surface area contributed by atoms with E-state index in [1.54, 1.807) is 13.0 Å². The predicted octanol–water partition coefficient (Wildman–Crippen LogP) is 3.79. The highest BCUT2D eigenvalue weighted by Gasteiger charge is 2.17. The standard InChI is InChI=1S/C14H12F2N2O2/c1-9-11(15)5-3-6-12(9)17-8-10-4-2-7-13(14(10)16)18(19)20/h2-7,17H,8H2,1H3. The Hall–Kier alpha value is -2.50. The Balaban J connectivity index is 2.21. The van der Waals surface area contributed by atoms with Crippen LogP contribution in [-0.2, 0) is 6.54 Å². The van der Waals surface area contributed by atoms with Gasteiger partial charge in [0.1, 0.15) is 5.82 Å². The third-order valence-corrected chi connectivity index (χ3v) is 2.99. The lowest BCUT2D eigenvalue weighted by Crippen LogP contribution is -2.05. The molecule has 0 aliphatic heterocycles. The Morgan fingerprint density at radius 3 is 2.60 bits per heavy atom. The molecule has 0 bridgehead atoms. The van der Waals surface area contributed by atoms with Gasteiger partial charge in [-0.2, -0.15) is 4.39 Å². The minimum absolute atomic E-state index is 0.0395. The van der Waals surface area contributed by atoms with Crippen molar-refractivity contribution in [3.8, 4) is 0 Å². The fraction of sp³-hybridized carbons (Fsp3) is 0.143. The van der Waals surface area contributed by atoms with Crippen LogP contribution in [0.4, 0.5) is 20.2 Å². The maximum absolute atomic E-state index is 13.9. The van der Waals surface area contributed by atoms with Crippen molar-refractivity contribution < 1.29 is 13.7 Å². The molecule has 0 fully saturated rings. The van der Waals surface area contributed by atoms with E-state index in [0.717, 1.165) is 6.07 Å². The number of rotatable bonds is 4. The van der Waals surface area contributed by atoms with Crippen LogP contribution in [0, 0.1) is 28.7 Å². The lowest BCUT2D eigenvalue weighted by Gasteiger charge is -2.10. The average molecular weight is 278 g/mol. The van der Waals surface area contributed by atoms with Gasteiger partial charge in [-0.05, 0) is 19.1 Å². The Kier molecular flexibility index (Phi) is 3.93. The zero-order valence-electron chi connectivity index (χ0n) is 10.7. The van der Waals surface area contributed by atoms with Gasteiger partial charge in [0.2, 0.25) is 5.82 Å². The van der Waals surface area contributed by atoms with Crippen LogP contribution in [-0.4, -0.2) is 4.92 Å². The van der Waals surface area contributed by atoms with Crippen molar-refractivity contribution >= 4 is 11.4 Å². The van der Waals surface area contributed by atoms with Crippen LogP contribution < -0.4 is 5.32 Å². The first kappa shape index (κ1) is 13.9. The van der Waals surface area contributed by atoms with Crippen LogP contribution in [0.2, 0.25) is 0 Å². The fourth-order valence-electron chi connectivity index (χ4n) is 1.83. The fourth-order valence-corrected chi connectivity index (χ4v) is 1.83. The number of halogens is 2. The molecule has 0 aliphatic carbocycles. The summed E-state index contributed by atoms with van der Waals surface area (Å²) in [7, 11) is 0. The van der Waals surface area contributed by atoms with Crippen LogP contribution >= 0.6 is 0 Å². The molecule has 0 saturated heterocycles. The number of hydrogen-bond donors (Lipinski definition) is 1. The van der Waals surface area contributed by atoms with Crippen molar-refractivity contribution in [1.29, 1.82) is 0 Å². The van der Waals surface area contributed by atoms with Crippen molar-refractivity contribution in [1.82, 2.24) is 0 Å². The van der Waals surface area contributed by atoms with Crippen molar-refractivity contribution in [3.05, 3.63) is 69.3 Å². The molecule has 2 aromatic carbocycles. The molecule has 0 amide bonds. The summed E-state index contributed by atoms with van der Waals surface area (Å²) in [6.45, 7) is 1.64. The molecule has 104 valence electrons. The third-order valence-electron chi connectivity index (χ3n) is 2.99. The second-order valence-electron chi connectivity index (χ2n) is 4.27. The third kappa shape index (κ3) is 2.74. The second-order valence-corrected chi connectivity index (χ2v) is 4.27. The van der Waals surface area contributed by atoms with Gasteiger partial charge in [-0.25, -0.2) is 4.39 Å². The topological polar surface area (TPSA) is 55.2 Å². The molecular formula is C14H12F2N2O2. The lowest BCUT2D eigenvalue weighted by molar-refractivity contribution is -0.387. The number of nitrogens with zero attached hydrogens (tertiary/aromatic N) is 1. The Morgan fingerprint density at radius 2 is 1.90 bits per heavy atom. The van der Waals surface area contributed by atoms with Gasteiger partial charge in [0.05, 0.1) is 4.92 Å². The number of benzene rings is 2. The average Bonchev–Trinajstić information content (AvgIpc) is 2.41. The van der Waals surface area contributed by atoms with Gasteiger partial charge in [0.25, 0.3) is 0 Å². The number of nitrogens with one attached hydrogen (secondary N) is 1. The minimum Gasteiger partial charge on any atom is -0.381 e. The largest absolute Gasteiger partial charge is 0.381 e. The quantitative estimate of drug-likeness (QED) is 0.683. The Morgan fingerprint density at radius 1 is 1.20 bits per heavy atom. The zero-order valence-corrected chi connectivity index (χ0v) is 10.7. The van der Waals surface area contributed by atoms with E-state index in [2.05, 4.69) is 5.32 Å². The summed E-state index contributed by atoms with van der Waals surface area (Å²) < 4.78 is 27.2. The lowest BCUT2D eigenvalue weighted by atomic mass is 10.1. The first-order valence-corrected chi connectivity index (χ1v) is 5.91. The summed E-state index contributed by atoms with van der Waals surface area (Å²) in [5.74, 6) is -1.24. The van der Waals surface area contributed by atoms with Crippen LogP contribution in [0.5, 0.6) is 0 Å². The molecule has 0 radical (unpaired) electrons. The maximum atomic E-state index is 13.9. The Bertz CT molecular complexity index is 660. The van der Waals surface area contributed by atoms with E-state index in [0.29, 0.717) is 11.3 Å². The first-order valence-electron chi connectivity index (χ1n) is 5.91. The van der Waals surface area contributed by atoms with Crippen LogP contribution in [0.3, 0.4) is 0 Å². The van der Waals surface area contributed by atoms with E-state index in [4.69, 9.17) is 0 Å². The highest BCUT2D eigenvalue weighted by Crippen LogP contribution is 2.22. The molecule has 2 aromatic rings. The number of nitro groups is 1. The molecule has 4 nitrogen and oxygen atoms in total. The van der Waals surface area contributed by atoms with E-state index in [-0.39, 0.29) is 17.9 Å². The molecule has 20 heavy (non-hydrogen) atoms. The summed E-state index contributed by atoms with van der Waals surface area (Å²) in [6, 6.07) is 8.49. The summed E-state index contributed by atoms with van der Waals surface area (Å²) in [5.41, 5.74) is 0.525. The van der Waals surface area contributed by atoms with E-state index in [1.165, 1.54) is 24.3 Å². The van der Waals surface area contributed by atoms with Gasteiger partial charge < -0.3 is 5.32 Å². The molecule has 1 N–H and O–H groups in total. The van der Waals surface area contributed by atoms with Crippen molar-refractivity contribution in [2.24, 2.45) is 0 Å². The number of hydrogen-bond acceptors (Lipinski definition) is 3. The second kappa shape index (κ2) is 5.64. The molecule has 0 aliphatic rings. The molecule has 6 heteroatoms. The molecule has 0 aromatic heterocycles. The van der Waals surface area contributed by atoms with E-state index in [1.807, 2.05) is 0 Å². The monoisotopic (exact) mass is 278 g/mol. The summed E-state index contributed by atoms with van der Waals surface area (Å²) in [4.78, 5) is 9.87. The van der Waals surface area contributed by atoms with Gasteiger partial charge in [0.15, 0.2) is 0 Å². The number of nitro benzene ring substituents is 1. The van der Waals surface area contributed by atoms with Gasteiger partial charge >= 0.3 is 5.69 Å². The van der Waals surface area contributed by atoms with Crippen LogP contribution in [0.1, 0.15) is 11.1 Å². The molecule has 0 spiro atoms. The van der Waals surface area contributed by atoms with Gasteiger partial charge in [-0.3, -0.25) is 10.1 Å². The Labute approximate surface area is 114 Å². The van der Waals surface area contributed by atoms with Crippen molar-refractivity contribution in [3.63, 3.8) is 0 Å². The minimum atomic E-state index is -0.876. The van der Waals surface area contributed by atoms with E-state index < -0.39 is 16.4 Å². The van der Waals surface area contributed by atoms with Crippen LogP contribution in [0.25, 0.3) is 0 Å². The molecule has 0 saturated carbocycles. The van der Waals surface area contributed by atoms with E-state index in [9.17, 15) is 18.9 Å². The first-order chi connectivity index (χ1) is 9.50. The molecule has 2 rings (SSSR count). The highest BCUT2D eigenvalue weighted by molar-refractivity contribution is 5.51. The maximum Gasteiger partial charge on any atom is 0.305 e. The molecule has 0 atom stereocenters. The molecule has 0 unspecified atom stereocenters. The van der Waals surface area contributed by atoms with Gasteiger partial charge in [-0.1, -0.05) is 18.2 Å². The predicted molar refractivity (Wildman–Crippen MR) is 71.5 cm³/mol. The van der Waals surface area contributed by atoms with Crippen molar-refractivity contribution in [2.75, 3.05) is 5.32 Å². The van der Waals surface area contributed by atoms with E-state index >= 15 is 0 Å².